The van der Waals surface area contributed by atoms with Crippen LogP contribution >= 0.6 is 24.0 Å². The molecule has 0 radical (unpaired) electrons. The summed E-state index contributed by atoms with van der Waals surface area (Å²) in [6.45, 7) is 42.2. The maximum Gasteiger partial charge on any atom is 1.00 e. The minimum absolute atomic E-state index is 0. The van der Waals surface area contributed by atoms with E-state index in [1.165, 1.54) is 6.42 Å². The number of fused-ring (bicyclic) bond motifs is 18. The summed E-state index contributed by atoms with van der Waals surface area (Å²) in [6.07, 6.45) is -0.441. The molecule has 11 heterocycles. The molecule has 0 fully saturated rings. The first kappa shape index (κ1) is 118. The molecule has 786 valence electrons. The normalized spacial score (nSPS) is 13.4. The zero-order valence-corrected chi connectivity index (χ0v) is 93.3. The first-order valence-corrected chi connectivity index (χ1v) is 50.7. The van der Waals surface area contributed by atoms with Gasteiger partial charge < -0.3 is 80.9 Å². The Balaban J connectivity index is 0.000000293. The van der Waals surface area contributed by atoms with Crippen molar-refractivity contribution in [3.05, 3.63) is 251 Å². The molecule has 0 saturated heterocycles. The van der Waals surface area contributed by atoms with Crippen molar-refractivity contribution in [2.75, 3.05) is 46.2 Å². The Morgan fingerprint density at radius 1 is 0.430 bits per heavy atom. The van der Waals surface area contributed by atoms with Gasteiger partial charge in [0.15, 0.2) is 0 Å². The van der Waals surface area contributed by atoms with E-state index in [-0.39, 0.29) is 117 Å². The van der Waals surface area contributed by atoms with Crippen LogP contribution in [0.15, 0.2) is 133 Å². The average Bonchev–Trinajstić information content (AvgIpc) is 0.946. The Morgan fingerprint density at radius 2 is 0.832 bits per heavy atom. The summed E-state index contributed by atoms with van der Waals surface area (Å²) in [6, 6.07) is 43.0. The number of benzene rings is 4. The van der Waals surface area contributed by atoms with Gasteiger partial charge in [0.25, 0.3) is 11.8 Å². The number of aliphatic carboxylic acids is 4. The molecule has 4 aliphatic heterocycles. The largest absolute Gasteiger partial charge is 1.00 e. The van der Waals surface area contributed by atoms with E-state index in [1.54, 1.807) is 21.0 Å². The molecule has 34 heteroatoms. The number of halogens is 2. The summed E-state index contributed by atoms with van der Waals surface area (Å²) in [4.78, 5) is 114. The molecule has 2 amide bonds. The zero-order valence-electron chi connectivity index (χ0n) is 89.8. The van der Waals surface area contributed by atoms with Gasteiger partial charge in [-0.05, 0) is 377 Å². The standard InChI is InChI=1S/C68H74N8O11.C23H30ClN3O.2C12H19N3O.ClH.Na/c1-29-41(13-17-61(79)80)53-28-56-44(16-20-64(85)86)32(4)48(72-56)24-59-68(36(8)52(76-59)25-58-65(37(9)77)33(5)49(73-58)21-45(29)69-53)40(12)87-39(11)67-35(7)50-22-46-30(2)42(14-18-62(81)82)54(70-46)27-55-43(15-19-63(83)84)31(3)47(71-55)23-57-66(38(10)78)34(6)51(74-57)26-60(67)75-50;1-5-27(6-2)13-7-8-16(3)25-23-19-11-9-17(24)14-22(19)26-21-12-10-18(28-4)15-20(21)23;2*1-9(2)15-12(16)11-6-4-10(5-7-11)8-14-13-3;;/h21-28,37-40,71-73,75,77-78H,13-20H2,1-12H3,(H,79,80)(H,81,82)(H,83,84)(H,85,86);9-12,14-16H,5-8,13H2,1-4H3,(H,25,26);2*4-7,9,13-14H,8H2,1-3H3,(H,15,16);1H;/q;;;;;+1. The second-order valence-corrected chi connectivity index (χ2v) is 38.9. The first-order valence-electron chi connectivity index (χ1n) is 50.4. The smallest absolute Gasteiger partial charge is 0.497 e. The van der Waals surface area contributed by atoms with Crippen LogP contribution in [0.3, 0.4) is 0 Å². The van der Waals surface area contributed by atoms with Crippen LogP contribution in [0.4, 0.5) is 5.69 Å². The fourth-order valence-electron chi connectivity index (χ4n) is 19.3. The Kier molecular flexibility index (Phi) is 42.7. The van der Waals surface area contributed by atoms with Gasteiger partial charge >= 0.3 is 53.4 Å². The fourth-order valence-corrected chi connectivity index (χ4v) is 19.5. The van der Waals surface area contributed by atoms with Crippen molar-refractivity contribution in [3.63, 3.8) is 0 Å². The maximum atomic E-state index is 12.2. The van der Waals surface area contributed by atoms with Crippen molar-refractivity contribution in [2.45, 2.75) is 251 Å². The van der Waals surface area contributed by atoms with Crippen molar-refractivity contribution >= 4 is 176 Å². The van der Waals surface area contributed by atoms with Crippen LogP contribution in [-0.2, 0) is 49.8 Å². The number of carboxylic acid groups (broad SMARTS) is 4. The number of allylic oxidation sites excluding steroid dienone is 6. The summed E-state index contributed by atoms with van der Waals surface area (Å²) in [5.74, 6) is -3.03. The number of aromatic amines is 4. The third-order valence-electron chi connectivity index (χ3n) is 27.2. The molecule has 4 aromatic carbocycles. The van der Waals surface area contributed by atoms with E-state index >= 15 is 0 Å². The quantitative estimate of drug-likeness (QED) is 0.00977. The van der Waals surface area contributed by atoms with E-state index in [1.807, 2.05) is 232 Å². The van der Waals surface area contributed by atoms with Crippen molar-refractivity contribution in [1.82, 2.24) is 82.1 Å². The van der Waals surface area contributed by atoms with E-state index in [0.717, 1.165) is 161 Å². The molecular weight excluding hydrogens is 1940 g/mol. The third-order valence-corrected chi connectivity index (χ3v) is 27.5. The summed E-state index contributed by atoms with van der Waals surface area (Å²) < 4.78 is 12.7. The van der Waals surface area contributed by atoms with Gasteiger partial charge in [-0.2, -0.15) is 0 Å². The third kappa shape index (κ3) is 29.6. The minimum Gasteiger partial charge on any atom is -0.497 e. The molecule has 4 aliphatic rings. The van der Waals surface area contributed by atoms with Crippen LogP contribution < -0.4 is 71.9 Å². The molecule has 5 unspecified atom stereocenters. The molecule has 17 N–H and O–H groups in total. The summed E-state index contributed by atoms with van der Waals surface area (Å²) in [5.41, 5.74) is 40.7. The number of carbonyl (C=O) groups excluding carboxylic acids is 2. The molecule has 16 bridgehead atoms. The van der Waals surface area contributed by atoms with Gasteiger partial charge in [0.05, 0.1) is 93.8 Å². The number of anilines is 1. The van der Waals surface area contributed by atoms with Crippen molar-refractivity contribution in [2.24, 2.45) is 0 Å². The van der Waals surface area contributed by atoms with Gasteiger partial charge in [-0.1, -0.05) is 49.7 Å². The van der Waals surface area contributed by atoms with E-state index in [2.05, 4.69) is 95.4 Å². The van der Waals surface area contributed by atoms with Gasteiger partial charge in [0.2, 0.25) is 0 Å². The Morgan fingerprint density at radius 3 is 1.27 bits per heavy atom. The van der Waals surface area contributed by atoms with Crippen molar-refractivity contribution < 1.29 is 98.4 Å². The molecule has 7 aromatic heterocycles. The van der Waals surface area contributed by atoms with Gasteiger partial charge in [-0.25, -0.2) is 24.9 Å². The van der Waals surface area contributed by atoms with E-state index < -0.39 is 48.3 Å². The minimum atomic E-state index is -0.958. The number of rotatable bonds is 37. The second-order valence-electron chi connectivity index (χ2n) is 38.5. The number of carboxylic acids is 4. The van der Waals surface area contributed by atoms with Gasteiger partial charge in [0, 0.05) is 150 Å². The first-order chi connectivity index (χ1) is 70.0. The number of amides is 2. The Labute approximate surface area is 904 Å². The van der Waals surface area contributed by atoms with E-state index in [4.69, 9.17) is 46.0 Å². The number of hydrogen-bond acceptors (Lipinski definition) is 21. The molecule has 149 heavy (non-hydrogen) atoms. The van der Waals surface area contributed by atoms with Crippen LogP contribution in [0, 0.1) is 27.7 Å². The van der Waals surface area contributed by atoms with Gasteiger partial charge in [0.1, 0.15) is 5.75 Å². The topological polar surface area (TPSA) is 457 Å². The predicted octanol–water partition coefficient (Wildman–Crippen LogP) is 18.8. The molecule has 11 aromatic rings. The monoisotopic (exact) mass is 2080 g/mol. The van der Waals surface area contributed by atoms with Crippen LogP contribution in [0.1, 0.15) is 289 Å². The molecule has 0 spiro atoms. The number of aryl methyl sites for hydroxylation is 6. The number of aliphatic hydroxyl groups is 2. The second kappa shape index (κ2) is 53.7. The molecule has 5 atom stereocenters. The van der Waals surface area contributed by atoms with Crippen LogP contribution in [0.5, 0.6) is 5.75 Å². The number of methoxy groups -OCH3 is 1. The average molecular weight is 2080 g/mol. The fraction of sp³-hybridized carbons (Fsp3) is 0.383. The molecule has 0 aliphatic carbocycles. The summed E-state index contributed by atoms with van der Waals surface area (Å²) in [5, 5.41) is 74.5. The zero-order chi connectivity index (χ0) is 107. The number of nitrogens with one attached hydrogen (secondary N) is 11. The molecule has 0 saturated carbocycles. The number of aromatic nitrogens is 9. The number of nitrogens with zero attached hydrogens (tertiary/aromatic N) is 6. The van der Waals surface area contributed by atoms with E-state index in [0.29, 0.717) is 123 Å². The van der Waals surface area contributed by atoms with Gasteiger partial charge in [-0.3, -0.25) is 50.5 Å². The summed E-state index contributed by atoms with van der Waals surface area (Å²) in [7, 11) is 5.34. The number of ether oxygens (including phenoxy) is 2. The van der Waals surface area contributed by atoms with Crippen LogP contribution in [0.25, 0.3) is 111 Å². The predicted molar refractivity (Wildman–Crippen MR) is 596 cm³/mol. The summed E-state index contributed by atoms with van der Waals surface area (Å²) >= 11 is 6.22. The van der Waals surface area contributed by atoms with Crippen LogP contribution in [-0.4, -0.2) is 187 Å². The SMILES string of the molecule is CC1=C(CCC(=O)O)c2cc3[nH]c(cc4nc(cc5[nH]c(cc1n2)c(C)c5C(C)OC(C)C1=C(C)c2cc5[nH]c(cc6nc(cc7[nH]c(cc1n2)c(C)c7CCC(=O)O)C(CCC(=O)O)=C6C)c(C)c5C(C)O)C(C)=C4C(C)O)c(C)c3CCC(=O)O.CCN(CC)CCCC(C)Nc1c2ccc(Cl)cc2nc2ccc(OC)cc12.CNNCc1ccc(C(=O)NC(C)C)cc1.CNNCc1ccc(C(=O)NC(C)C)cc1.Cl.[Na+]. The molecule has 15 rings (SSSR count). The maximum absolute atomic E-state index is 12.2. The van der Waals surface area contributed by atoms with Crippen molar-refractivity contribution in [3.8, 4) is 5.75 Å². The Hall–Kier alpha value is -12.6. The number of H-pyrrole nitrogens is 4. The van der Waals surface area contributed by atoms with E-state index in [9.17, 15) is 59.4 Å². The number of hydrazine groups is 2. The van der Waals surface area contributed by atoms with Gasteiger partial charge in [-0.15, -0.1) is 12.4 Å². The molecule has 31 nitrogen and oxygen atoms in total. The number of carbonyl (C=O) groups is 6. The number of pyridine rings is 1. The Bertz CT molecular complexity index is 7200. The van der Waals surface area contributed by atoms with Crippen LogP contribution in [0.2, 0.25) is 5.02 Å². The van der Waals surface area contributed by atoms with Crippen molar-refractivity contribution in [1.29, 1.82) is 0 Å². The molecular formula is C115H143Cl2N17NaO14+. The number of hydrogen-bond donors (Lipinski definition) is 17. The number of aliphatic hydroxyl groups excluding tert-OH is 2.